The minimum absolute atomic E-state index is 0.0713. The number of phenolic OH excluding ortho intramolecular Hbond substituents is 1. The molecule has 0 radical (unpaired) electrons. The van der Waals surface area contributed by atoms with Gasteiger partial charge in [-0.25, -0.2) is 0 Å². The molecular weight excluding hydrogens is 306 g/mol. The van der Waals surface area contributed by atoms with E-state index in [-0.39, 0.29) is 11.7 Å². The summed E-state index contributed by atoms with van der Waals surface area (Å²) in [7, 11) is 0. The Kier molecular flexibility index (Phi) is 5.84. The molecule has 0 aliphatic rings. The summed E-state index contributed by atoms with van der Waals surface area (Å²) in [4.78, 5) is 11.5. The Labute approximate surface area is 142 Å². The molecule has 24 heavy (non-hydrogen) atoms. The summed E-state index contributed by atoms with van der Waals surface area (Å²) >= 11 is 0. The molecule has 0 spiro atoms. The molecule has 2 rings (SSSR count). The van der Waals surface area contributed by atoms with Gasteiger partial charge in [0.05, 0.1) is 13.2 Å². The summed E-state index contributed by atoms with van der Waals surface area (Å²) in [6.07, 6.45) is 0.408. The largest absolute Gasteiger partial charge is 0.508 e. The Morgan fingerprint density at radius 1 is 1.38 bits per heavy atom. The van der Waals surface area contributed by atoms with Crippen molar-refractivity contribution < 1.29 is 14.6 Å². The number of rotatable bonds is 7. The molecule has 6 heteroatoms. The number of ether oxygens (including phenoxy) is 1. The number of hydrogen-bond acceptors (Lipinski definition) is 4. The van der Waals surface area contributed by atoms with Crippen LogP contribution in [-0.2, 0) is 11.3 Å². The smallest absolute Gasteiger partial charge is 0.225 e. The van der Waals surface area contributed by atoms with Crippen LogP contribution in [0.15, 0.2) is 24.3 Å². The van der Waals surface area contributed by atoms with E-state index in [1.165, 1.54) is 0 Å². The number of phenols is 1. The molecular formula is C18H25N3O3. The minimum Gasteiger partial charge on any atom is -0.508 e. The van der Waals surface area contributed by atoms with Crippen LogP contribution in [0.5, 0.6) is 11.5 Å². The van der Waals surface area contributed by atoms with E-state index in [1.807, 2.05) is 13.0 Å². The maximum absolute atomic E-state index is 11.5. The molecule has 1 aromatic heterocycles. The van der Waals surface area contributed by atoms with Crippen molar-refractivity contribution in [3.63, 3.8) is 0 Å². The lowest BCUT2D eigenvalue weighted by molar-refractivity contribution is -0.115. The van der Waals surface area contributed by atoms with Gasteiger partial charge in [0.15, 0.2) is 5.82 Å². The molecule has 0 aliphatic heterocycles. The molecule has 1 aromatic carbocycles. The third kappa shape index (κ3) is 4.75. The monoisotopic (exact) mass is 331 g/mol. The van der Waals surface area contributed by atoms with Crippen LogP contribution in [0.2, 0.25) is 0 Å². The number of benzene rings is 1. The summed E-state index contributed by atoms with van der Waals surface area (Å²) in [5, 5.41) is 16.9. The molecule has 6 nitrogen and oxygen atoms in total. The molecule has 1 amide bonds. The molecule has 2 N–H and O–H groups in total. The van der Waals surface area contributed by atoms with Crippen LogP contribution in [0.3, 0.4) is 0 Å². The zero-order valence-corrected chi connectivity index (χ0v) is 14.7. The highest BCUT2D eigenvalue weighted by atomic mass is 16.5. The van der Waals surface area contributed by atoms with E-state index >= 15 is 0 Å². The predicted octanol–water partition coefficient (Wildman–Crippen LogP) is 3.33. The summed E-state index contributed by atoms with van der Waals surface area (Å²) in [6, 6.07) is 6.89. The van der Waals surface area contributed by atoms with Gasteiger partial charge in [-0.05, 0) is 31.0 Å². The van der Waals surface area contributed by atoms with Crippen molar-refractivity contribution in [2.24, 2.45) is 5.92 Å². The minimum atomic E-state index is -0.0713. The summed E-state index contributed by atoms with van der Waals surface area (Å²) in [5.74, 6) is 1.79. The molecule has 0 bridgehead atoms. The number of anilines is 1. The molecule has 0 unspecified atom stereocenters. The molecule has 0 saturated heterocycles. The number of aromatic hydroxyl groups is 1. The average molecular weight is 331 g/mol. The Bertz CT molecular complexity index is 708. The van der Waals surface area contributed by atoms with Gasteiger partial charge in [0, 0.05) is 23.7 Å². The van der Waals surface area contributed by atoms with Crippen LogP contribution in [0.4, 0.5) is 5.82 Å². The van der Waals surface area contributed by atoms with Crippen molar-refractivity contribution in [3.8, 4) is 11.5 Å². The van der Waals surface area contributed by atoms with Crippen LogP contribution < -0.4 is 10.1 Å². The number of amides is 1. The summed E-state index contributed by atoms with van der Waals surface area (Å²) in [5.41, 5.74) is 1.76. The maximum Gasteiger partial charge on any atom is 0.225 e. The third-order valence-electron chi connectivity index (χ3n) is 3.51. The lowest BCUT2D eigenvalue weighted by atomic mass is 10.2. The number of aryl methyl sites for hydroxylation is 1. The van der Waals surface area contributed by atoms with Crippen LogP contribution in [0.25, 0.3) is 0 Å². The first-order valence-corrected chi connectivity index (χ1v) is 8.18. The fourth-order valence-electron chi connectivity index (χ4n) is 2.21. The van der Waals surface area contributed by atoms with Gasteiger partial charge in [-0.15, -0.1) is 0 Å². The zero-order chi connectivity index (χ0) is 17.7. The average Bonchev–Trinajstić information content (AvgIpc) is 2.85. The SMILES string of the molecule is CCC(=O)Nc1cc(C)n(Cc2cc(O)ccc2OCC(C)C)n1. The van der Waals surface area contributed by atoms with Crippen LogP contribution in [0, 0.1) is 12.8 Å². The van der Waals surface area contributed by atoms with E-state index in [0.717, 1.165) is 17.0 Å². The molecule has 0 saturated carbocycles. The van der Waals surface area contributed by atoms with Gasteiger partial charge < -0.3 is 15.2 Å². The van der Waals surface area contributed by atoms with Crippen LogP contribution in [0.1, 0.15) is 38.4 Å². The summed E-state index contributed by atoms with van der Waals surface area (Å²) in [6.45, 7) is 8.94. The fourth-order valence-corrected chi connectivity index (χ4v) is 2.21. The molecule has 0 aliphatic carbocycles. The Morgan fingerprint density at radius 3 is 2.79 bits per heavy atom. The summed E-state index contributed by atoms with van der Waals surface area (Å²) < 4.78 is 7.61. The highest BCUT2D eigenvalue weighted by Crippen LogP contribution is 2.25. The van der Waals surface area contributed by atoms with E-state index in [0.29, 0.717) is 31.3 Å². The van der Waals surface area contributed by atoms with Gasteiger partial charge >= 0.3 is 0 Å². The Hall–Kier alpha value is -2.50. The second-order valence-electron chi connectivity index (χ2n) is 6.23. The third-order valence-corrected chi connectivity index (χ3v) is 3.51. The first kappa shape index (κ1) is 17.8. The molecule has 130 valence electrons. The van der Waals surface area contributed by atoms with E-state index in [1.54, 1.807) is 29.8 Å². The van der Waals surface area contributed by atoms with Crippen molar-refractivity contribution in [1.29, 1.82) is 0 Å². The fraction of sp³-hybridized carbons (Fsp3) is 0.444. The maximum atomic E-state index is 11.5. The van der Waals surface area contributed by atoms with Gasteiger partial charge in [0.2, 0.25) is 5.91 Å². The lowest BCUT2D eigenvalue weighted by Gasteiger charge is -2.14. The van der Waals surface area contributed by atoms with Crippen LogP contribution >= 0.6 is 0 Å². The van der Waals surface area contributed by atoms with E-state index in [2.05, 4.69) is 24.3 Å². The van der Waals surface area contributed by atoms with E-state index < -0.39 is 0 Å². The molecule has 0 fully saturated rings. The van der Waals surface area contributed by atoms with Crippen molar-refractivity contribution >= 4 is 11.7 Å². The van der Waals surface area contributed by atoms with E-state index in [4.69, 9.17) is 4.74 Å². The number of carbonyl (C=O) groups excluding carboxylic acids is 1. The zero-order valence-electron chi connectivity index (χ0n) is 14.7. The standard InChI is InChI=1S/C18H25N3O3/c1-5-18(23)19-17-8-13(4)21(20-17)10-14-9-15(22)6-7-16(14)24-11-12(2)3/h6-9,12,22H,5,10-11H2,1-4H3,(H,19,20,23). The molecule has 2 aromatic rings. The second kappa shape index (κ2) is 7.86. The van der Waals surface area contributed by atoms with Crippen molar-refractivity contribution in [2.45, 2.75) is 40.7 Å². The number of aromatic nitrogens is 2. The van der Waals surface area contributed by atoms with Crippen molar-refractivity contribution in [3.05, 3.63) is 35.5 Å². The van der Waals surface area contributed by atoms with Crippen molar-refractivity contribution in [2.75, 3.05) is 11.9 Å². The first-order valence-electron chi connectivity index (χ1n) is 8.18. The van der Waals surface area contributed by atoms with Crippen molar-refractivity contribution in [1.82, 2.24) is 9.78 Å². The van der Waals surface area contributed by atoms with Gasteiger partial charge in [-0.2, -0.15) is 5.10 Å². The first-order chi connectivity index (χ1) is 11.4. The topological polar surface area (TPSA) is 76.4 Å². The van der Waals surface area contributed by atoms with Gasteiger partial charge in [0.25, 0.3) is 0 Å². The highest BCUT2D eigenvalue weighted by Gasteiger charge is 2.11. The van der Waals surface area contributed by atoms with Crippen LogP contribution in [-0.4, -0.2) is 27.4 Å². The van der Waals surface area contributed by atoms with Gasteiger partial charge in [-0.1, -0.05) is 20.8 Å². The van der Waals surface area contributed by atoms with Gasteiger partial charge in [0.1, 0.15) is 11.5 Å². The molecule has 1 heterocycles. The quantitative estimate of drug-likeness (QED) is 0.816. The normalized spacial score (nSPS) is 10.9. The lowest BCUT2D eigenvalue weighted by Crippen LogP contribution is -2.11. The Morgan fingerprint density at radius 2 is 2.12 bits per heavy atom. The molecule has 0 atom stereocenters. The predicted molar refractivity (Wildman–Crippen MR) is 93.4 cm³/mol. The highest BCUT2D eigenvalue weighted by molar-refractivity contribution is 5.89. The number of hydrogen-bond donors (Lipinski definition) is 2. The van der Waals surface area contributed by atoms with Gasteiger partial charge in [-0.3, -0.25) is 9.48 Å². The number of nitrogens with zero attached hydrogens (tertiary/aromatic N) is 2. The van der Waals surface area contributed by atoms with E-state index in [9.17, 15) is 9.90 Å². The second-order valence-corrected chi connectivity index (χ2v) is 6.23. The number of carbonyl (C=O) groups is 1. The number of nitrogens with one attached hydrogen (secondary N) is 1. The Balaban J connectivity index is 2.20.